The minimum Gasteiger partial charge on any atom is -0.372 e. The van der Waals surface area contributed by atoms with Gasteiger partial charge in [-0.1, -0.05) is 0 Å². The Morgan fingerprint density at radius 1 is 1.19 bits per heavy atom. The maximum absolute atomic E-state index is 12.2. The Morgan fingerprint density at radius 3 is 2.52 bits per heavy atom. The van der Waals surface area contributed by atoms with Crippen LogP contribution in [-0.2, 0) is 0 Å². The van der Waals surface area contributed by atoms with E-state index in [1.807, 2.05) is 36.6 Å². The summed E-state index contributed by atoms with van der Waals surface area (Å²) in [6, 6.07) is 7.85. The average molecular weight is 301 g/mol. The molecule has 4 nitrogen and oxygen atoms in total. The predicted molar refractivity (Wildman–Crippen MR) is 87.3 cm³/mol. The lowest BCUT2D eigenvalue weighted by Gasteiger charge is -2.28. The predicted octanol–water partition coefficient (Wildman–Crippen LogP) is 3.69. The third-order valence-corrected chi connectivity index (χ3v) is 4.57. The van der Waals surface area contributed by atoms with E-state index in [0.29, 0.717) is 10.7 Å². The first kappa shape index (κ1) is 14.1. The van der Waals surface area contributed by atoms with Gasteiger partial charge in [-0.2, -0.15) is 0 Å². The van der Waals surface area contributed by atoms with Crippen LogP contribution in [0.15, 0.2) is 29.6 Å². The van der Waals surface area contributed by atoms with Gasteiger partial charge >= 0.3 is 0 Å². The van der Waals surface area contributed by atoms with Gasteiger partial charge in [-0.05, 0) is 50.5 Å². The summed E-state index contributed by atoms with van der Waals surface area (Å²) in [6.07, 6.45) is 3.83. The van der Waals surface area contributed by atoms with Gasteiger partial charge in [0.2, 0.25) is 0 Å². The molecule has 1 aromatic carbocycles. The summed E-state index contributed by atoms with van der Waals surface area (Å²) in [5.41, 5.74) is 2.80. The van der Waals surface area contributed by atoms with E-state index in [0.717, 1.165) is 18.8 Å². The minimum absolute atomic E-state index is 0.102. The Kier molecular flexibility index (Phi) is 4.20. The van der Waals surface area contributed by atoms with Gasteiger partial charge in [0.25, 0.3) is 5.91 Å². The summed E-state index contributed by atoms with van der Waals surface area (Å²) in [7, 11) is 0. The number of thiazole rings is 1. The van der Waals surface area contributed by atoms with E-state index in [2.05, 4.69) is 15.2 Å². The number of hydrogen-bond acceptors (Lipinski definition) is 4. The van der Waals surface area contributed by atoms with Crippen LogP contribution in [0, 0.1) is 6.92 Å². The molecule has 0 unspecified atom stereocenters. The molecule has 1 saturated heterocycles. The van der Waals surface area contributed by atoms with Crippen molar-refractivity contribution in [1.29, 1.82) is 0 Å². The monoisotopic (exact) mass is 301 g/mol. The molecule has 0 radical (unpaired) electrons. The summed E-state index contributed by atoms with van der Waals surface area (Å²) < 4.78 is 0. The second-order valence-electron chi connectivity index (χ2n) is 5.34. The van der Waals surface area contributed by atoms with Crippen molar-refractivity contribution in [2.45, 2.75) is 26.2 Å². The number of aryl methyl sites for hydroxylation is 1. The first-order chi connectivity index (χ1) is 10.2. The molecule has 1 aliphatic heterocycles. The van der Waals surface area contributed by atoms with E-state index < -0.39 is 0 Å². The maximum Gasteiger partial charge on any atom is 0.257 e. The van der Waals surface area contributed by atoms with Gasteiger partial charge in [0.1, 0.15) is 0 Å². The van der Waals surface area contributed by atoms with Crippen LogP contribution in [0.4, 0.5) is 10.8 Å². The Hall–Kier alpha value is -1.88. The maximum atomic E-state index is 12.2. The van der Waals surface area contributed by atoms with Crippen LogP contribution in [0.3, 0.4) is 0 Å². The summed E-state index contributed by atoms with van der Waals surface area (Å²) >= 11 is 1.45. The third kappa shape index (κ3) is 3.42. The van der Waals surface area contributed by atoms with Crippen LogP contribution in [-0.4, -0.2) is 24.0 Å². The number of rotatable bonds is 3. The number of carbonyl (C=O) groups excluding carboxylic acids is 1. The quantitative estimate of drug-likeness (QED) is 0.940. The molecule has 5 heteroatoms. The molecule has 1 N–H and O–H groups in total. The van der Waals surface area contributed by atoms with E-state index in [-0.39, 0.29) is 5.91 Å². The van der Waals surface area contributed by atoms with Crippen LogP contribution < -0.4 is 10.2 Å². The molecular weight excluding hydrogens is 282 g/mol. The molecular formula is C16H19N3OS. The highest BCUT2D eigenvalue weighted by atomic mass is 32.1. The molecule has 1 aromatic heterocycles. The number of benzene rings is 1. The van der Waals surface area contributed by atoms with Crippen LogP contribution >= 0.6 is 11.3 Å². The summed E-state index contributed by atoms with van der Waals surface area (Å²) in [6.45, 7) is 4.15. The van der Waals surface area contributed by atoms with Gasteiger partial charge in [0, 0.05) is 29.7 Å². The smallest absolute Gasteiger partial charge is 0.257 e. The van der Waals surface area contributed by atoms with Crippen molar-refractivity contribution < 1.29 is 4.79 Å². The van der Waals surface area contributed by atoms with Crippen LogP contribution in [0.5, 0.6) is 0 Å². The molecule has 0 bridgehead atoms. The second kappa shape index (κ2) is 6.26. The molecule has 2 heterocycles. The SMILES string of the molecule is Cc1csc(NC(=O)c2ccc(N3CCCCC3)cc2)n1. The molecule has 21 heavy (non-hydrogen) atoms. The summed E-state index contributed by atoms with van der Waals surface area (Å²) in [4.78, 5) is 18.8. The van der Waals surface area contributed by atoms with Gasteiger partial charge in [-0.3, -0.25) is 10.1 Å². The van der Waals surface area contributed by atoms with E-state index >= 15 is 0 Å². The fourth-order valence-corrected chi connectivity index (χ4v) is 3.24. The third-order valence-electron chi connectivity index (χ3n) is 3.69. The van der Waals surface area contributed by atoms with Crippen molar-refractivity contribution >= 4 is 28.1 Å². The normalized spacial score (nSPS) is 15.0. The molecule has 0 spiro atoms. The number of aromatic nitrogens is 1. The topological polar surface area (TPSA) is 45.2 Å². The van der Waals surface area contributed by atoms with Crippen molar-refractivity contribution in [2.75, 3.05) is 23.3 Å². The average Bonchev–Trinajstić information content (AvgIpc) is 2.93. The Labute approximate surface area is 128 Å². The van der Waals surface area contributed by atoms with Crippen LogP contribution in [0.2, 0.25) is 0 Å². The van der Waals surface area contributed by atoms with Gasteiger partial charge in [-0.25, -0.2) is 4.98 Å². The van der Waals surface area contributed by atoms with Crippen molar-refractivity contribution in [3.63, 3.8) is 0 Å². The molecule has 0 atom stereocenters. The molecule has 1 aliphatic rings. The first-order valence-corrected chi connectivity index (χ1v) is 8.19. The largest absolute Gasteiger partial charge is 0.372 e. The highest BCUT2D eigenvalue weighted by Gasteiger charge is 2.12. The first-order valence-electron chi connectivity index (χ1n) is 7.31. The van der Waals surface area contributed by atoms with Crippen molar-refractivity contribution in [3.8, 4) is 0 Å². The zero-order valence-corrected chi connectivity index (χ0v) is 12.9. The molecule has 1 amide bonds. The molecule has 0 saturated carbocycles. The van der Waals surface area contributed by atoms with E-state index in [9.17, 15) is 4.79 Å². The fourth-order valence-electron chi connectivity index (χ4n) is 2.56. The summed E-state index contributed by atoms with van der Waals surface area (Å²) in [5.74, 6) is -0.102. The number of anilines is 2. The van der Waals surface area contributed by atoms with Gasteiger partial charge in [0.15, 0.2) is 5.13 Å². The Morgan fingerprint density at radius 2 is 1.90 bits per heavy atom. The second-order valence-corrected chi connectivity index (χ2v) is 6.20. The van der Waals surface area contributed by atoms with Crippen molar-refractivity contribution in [3.05, 3.63) is 40.9 Å². The highest BCUT2D eigenvalue weighted by Crippen LogP contribution is 2.21. The zero-order valence-electron chi connectivity index (χ0n) is 12.1. The van der Waals surface area contributed by atoms with Gasteiger partial charge in [-0.15, -0.1) is 11.3 Å². The fraction of sp³-hybridized carbons (Fsp3) is 0.375. The van der Waals surface area contributed by atoms with E-state index in [4.69, 9.17) is 0 Å². The number of nitrogens with zero attached hydrogens (tertiary/aromatic N) is 2. The van der Waals surface area contributed by atoms with Gasteiger partial charge < -0.3 is 4.90 Å². The lowest BCUT2D eigenvalue weighted by Crippen LogP contribution is -2.29. The lowest BCUT2D eigenvalue weighted by atomic mass is 10.1. The number of piperidine rings is 1. The van der Waals surface area contributed by atoms with Crippen molar-refractivity contribution in [2.24, 2.45) is 0 Å². The number of amides is 1. The molecule has 2 aromatic rings. The molecule has 0 aliphatic carbocycles. The van der Waals surface area contributed by atoms with Crippen LogP contribution in [0.25, 0.3) is 0 Å². The Balaban J connectivity index is 1.67. The zero-order chi connectivity index (χ0) is 14.7. The standard InChI is InChI=1S/C16H19N3OS/c1-12-11-21-16(17-12)18-15(20)13-5-7-14(8-6-13)19-9-3-2-4-10-19/h5-8,11H,2-4,9-10H2,1H3,(H,17,18,20). The molecule has 1 fully saturated rings. The van der Waals surface area contributed by atoms with Crippen LogP contribution in [0.1, 0.15) is 35.3 Å². The lowest BCUT2D eigenvalue weighted by molar-refractivity contribution is 0.102. The van der Waals surface area contributed by atoms with E-state index in [1.165, 1.54) is 36.3 Å². The molecule has 3 rings (SSSR count). The number of hydrogen-bond donors (Lipinski definition) is 1. The molecule has 110 valence electrons. The Bertz CT molecular complexity index is 615. The number of nitrogens with one attached hydrogen (secondary N) is 1. The van der Waals surface area contributed by atoms with Gasteiger partial charge in [0.05, 0.1) is 5.69 Å². The minimum atomic E-state index is -0.102. The highest BCUT2D eigenvalue weighted by molar-refractivity contribution is 7.13. The van der Waals surface area contributed by atoms with E-state index in [1.54, 1.807) is 0 Å². The number of carbonyl (C=O) groups is 1. The van der Waals surface area contributed by atoms with Crippen molar-refractivity contribution in [1.82, 2.24) is 4.98 Å². The summed E-state index contributed by atoms with van der Waals surface area (Å²) in [5, 5.41) is 5.41.